The Hall–Kier alpha value is -2.33. The van der Waals surface area contributed by atoms with E-state index in [-0.39, 0.29) is 11.4 Å². The number of rotatable bonds is 5. The lowest BCUT2D eigenvalue weighted by Crippen LogP contribution is -2.15. The van der Waals surface area contributed by atoms with Crippen LogP contribution in [0.3, 0.4) is 0 Å². The molecule has 1 aromatic heterocycles. The average Bonchev–Trinajstić information content (AvgIpc) is 3.01. The maximum Gasteiger partial charge on any atom is 0.416 e. The molecule has 0 saturated carbocycles. The molecular weight excluding hydrogens is 457 g/mol. The van der Waals surface area contributed by atoms with Crippen molar-refractivity contribution in [2.24, 2.45) is 7.05 Å². The topological polar surface area (TPSA) is 59.8 Å². The van der Waals surface area contributed by atoms with Crippen molar-refractivity contribution < 1.29 is 18.0 Å². The lowest BCUT2D eigenvalue weighted by atomic mass is 10.2. The zero-order valence-corrected chi connectivity index (χ0v) is 16.9. The van der Waals surface area contributed by atoms with E-state index in [1.54, 1.807) is 11.6 Å². The van der Waals surface area contributed by atoms with Crippen LogP contribution in [0.1, 0.15) is 5.56 Å². The molecule has 28 heavy (non-hydrogen) atoms. The molecule has 0 fully saturated rings. The highest BCUT2D eigenvalue weighted by Gasteiger charge is 2.30. The molecular formula is C18H14BrF3N4OS. The molecule has 0 atom stereocenters. The standard InChI is InChI=1S/C18H14BrF3N4OS/c1-26-16(11-5-7-13(19)8-6-11)24-25-17(26)28-10-15(27)23-14-4-2-3-12(9-14)18(20,21)22/h2-9H,10H2,1H3,(H,23,27). The Kier molecular flexibility index (Phi) is 6.09. The minimum atomic E-state index is -4.46. The van der Waals surface area contributed by atoms with Gasteiger partial charge in [0.25, 0.3) is 0 Å². The van der Waals surface area contributed by atoms with E-state index in [0.717, 1.165) is 33.9 Å². The number of aromatic nitrogens is 3. The Morgan fingerprint density at radius 1 is 1.18 bits per heavy atom. The van der Waals surface area contributed by atoms with E-state index in [1.165, 1.54) is 12.1 Å². The van der Waals surface area contributed by atoms with Gasteiger partial charge in [0.15, 0.2) is 11.0 Å². The monoisotopic (exact) mass is 470 g/mol. The summed E-state index contributed by atoms with van der Waals surface area (Å²) < 4.78 is 40.9. The van der Waals surface area contributed by atoms with Gasteiger partial charge in [0.05, 0.1) is 11.3 Å². The molecule has 0 unspecified atom stereocenters. The lowest BCUT2D eigenvalue weighted by molar-refractivity contribution is -0.137. The van der Waals surface area contributed by atoms with E-state index in [4.69, 9.17) is 0 Å². The molecule has 146 valence electrons. The molecule has 1 heterocycles. The number of carbonyl (C=O) groups is 1. The van der Waals surface area contributed by atoms with Crippen LogP contribution in [0.4, 0.5) is 18.9 Å². The molecule has 1 amide bonds. The normalized spacial score (nSPS) is 11.5. The van der Waals surface area contributed by atoms with Crippen molar-refractivity contribution in [2.45, 2.75) is 11.3 Å². The molecule has 0 aliphatic heterocycles. The Morgan fingerprint density at radius 3 is 2.57 bits per heavy atom. The maximum atomic E-state index is 12.7. The highest BCUT2D eigenvalue weighted by molar-refractivity contribution is 9.10. The van der Waals surface area contributed by atoms with Crippen LogP contribution in [0, 0.1) is 0 Å². The second-order valence-corrected chi connectivity index (χ2v) is 7.65. The lowest BCUT2D eigenvalue weighted by Gasteiger charge is -2.09. The summed E-state index contributed by atoms with van der Waals surface area (Å²) in [6, 6.07) is 12.1. The van der Waals surface area contributed by atoms with Gasteiger partial charge in [0.1, 0.15) is 0 Å². The van der Waals surface area contributed by atoms with Crippen LogP contribution < -0.4 is 5.32 Å². The maximum absolute atomic E-state index is 12.7. The second kappa shape index (κ2) is 8.36. The van der Waals surface area contributed by atoms with Crippen molar-refractivity contribution in [1.82, 2.24) is 14.8 Å². The molecule has 0 saturated heterocycles. The molecule has 2 aromatic carbocycles. The number of nitrogens with one attached hydrogen (secondary N) is 1. The molecule has 0 aliphatic rings. The van der Waals surface area contributed by atoms with Crippen molar-refractivity contribution in [1.29, 1.82) is 0 Å². The Labute approximate surface area is 171 Å². The van der Waals surface area contributed by atoms with E-state index >= 15 is 0 Å². The van der Waals surface area contributed by atoms with Crippen LogP contribution >= 0.6 is 27.7 Å². The van der Waals surface area contributed by atoms with Gasteiger partial charge in [-0.25, -0.2) is 0 Å². The first kappa shape index (κ1) is 20.4. The summed E-state index contributed by atoms with van der Waals surface area (Å²) in [5, 5.41) is 11.2. The first-order valence-electron chi connectivity index (χ1n) is 7.99. The summed E-state index contributed by atoms with van der Waals surface area (Å²) >= 11 is 4.52. The molecule has 1 N–H and O–H groups in total. The number of benzene rings is 2. The summed E-state index contributed by atoms with van der Waals surface area (Å²) in [5.41, 5.74) is 0.151. The van der Waals surface area contributed by atoms with Crippen LogP contribution in [0.25, 0.3) is 11.4 Å². The van der Waals surface area contributed by atoms with Crippen LogP contribution in [-0.2, 0) is 18.0 Å². The zero-order valence-electron chi connectivity index (χ0n) is 14.5. The van der Waals surface area contributed by atoms with E-state index in [9.17, 15) is 18.0 Å². The van der Waals surface area contributed by atoms with Gasteiger partial charge in [0.2, 0.25) is 5.91 Å². The second-order valence-electron chi connectivity index (χ2n) is 5.79. The van der Waals surface area contributed by atoms with Gasteiger partial charge >= 0.3 is 6.18 Å². The van der Waals surface area contributed by atoms with E-state index in [1.807, 2.05) is 24.3 Å². The molecule has 0 aliphatic carbocycles. The first-order valence-corrected chi connectivity index (χ1v) is 9.77. The van der Waals surface area contributed by atoms with Gasteiger partial charge in [-0.1, -0.05) is 45.9 Å². The van der Waals surface area contributed by atoms with Gasteiger partial charge in [-0.3, -0.25) is 4.79 Å². The molecule has 10 heteroatoms. The summed E-state index contributed by atoms with van der Waals surface area (Å²) in [5.74, 6) is 0.202. The molecule has 3 rings (SSSR count). The van der Waals surface area contributed by atoms with Crippen LogP contribution in [0.2, 0.25) is 0 Å². The number of nitrogens with zero attached hydrogens (tertiary/aromatic N) is 3. The van der Waals surface area contributed by atoms with Gasteiger partial charge in [0, 0.05) is 22.8 Å². The quantitative estimate of drug-likeness (QED) is 0.533. The van der Waals surface area contributed by atoms with E-state index < -0.39 is 17.6 Å². The van der Waals surface area contributed by atoms with Crippen molar-refractivity contribution in [3.63, 3.8) is 0 Å². The number of carbonyl (C=O) groups excluding carboxylic acids is 1. The average molecular weight is 471 g/mol. The number of alkyl halides is 3. The van der Waals surface area contributed by atoms with Gasteiger partial charge < -0.3 is 9.88 Å². The predicted molar refractivity (Wildman–Crippen MR) is 105 cm³/mol. The van der Waals surface area contributed by atoms with E-state index in [2.05, 4.69) is 31.4 Å². The zero-order chi connectivity index (χ0) is 20.3. The third kappa shape index (κ3) is 4.93. The van der Waals surface area contributed by atoms with Gasteiger partial charge in [-0.15, -0.1) is 10.2 Å². The number of halogens is 4. The van der Waals surface area contributed by atoms with Gasteiger partial charge in [-0.05, 0) is 30.3 Å². The SMILES string of the molecule is Cn1c(SCC(=O)Nc2cccc(C(F)(F)F)c2)nnc1-c1ccc(Br)cc1. The van der Waals surface area contributed by atoms with Crippen molar-refractivity contribution >= 4 is 39.3 Å². The van der Waals surface area contributed by atoms with Crippen LogP contribution in [0.15, 0.2) is 58.2 Å². The highest BCUT2D eigenvalue weighted by atomic mass is 79.9. The summed E-state index contributed by atoms with van der Waals surface area (Å²) in [6.45, 7) is 0. The fourth-order valence-corrected chi connectivity index (χ4v) is 3.37. The third-order valence-corrected chi connectivity index (χ3v) is 5.29. The number of hydrogen-bond donors (Lipinski definition) is 1. The predicted octanol–water partition coefficient (Wildman–Crippen LogP) is 4.99. The Balaban J connectivity index is 1.63. The smallest absolute Gasteiger partial charge is 0.325 e. The van der Waals surface area contributed by atoms with Crippen molar-refractivity contribution in [3.8, 4) is 11.4 Å². The summed E-state index contributed by atoms with van der Waals surface area (Å²) in [7, 11) is 1.78. The summed E-state index contributed by atoms with van der Waals surface area (Å²) in [4.78, 5) is 12.1. The molecule has 5 nitrogen and oxygen atoms in total. The number of anilines is 1. The number of hydrogen-bond acceptors (Lipinski definition) is 4. The van der Waals surface area contributed by atoms with Crippen LogP contribution in [-0.4, -0.2) is 26.4 Å². The van der Waals surface area contributed by atoms with Crippen molar-refractivity contribution in [2.75, 3.05) is 11.1 Å². The highest BCUT2D eigenvalue weighted by Crippen LogP contribution is 2.31. The fraction of sp³-hybridized carbons (Fsp3) is 0.167. The largest absolute Gasteiger partial charge is 0.416 e. The molecule has 3 aromatic rings. The third-order valence-electron chi connectivity index (χ3n) is 3.74. The minimum absolute atomic E-state index is 0.0114. The minimum Gasteiger partial charge on any atom is -0.325 e. The Morgan fingerprint density at radius 2 is 1.89 bits per heavy atom. The van der Waals surface area contributed by atoms with Gasteiger partial charge in [-0.2, -0.15) is 13.2 Å². The summed E-state index contributed by atoms with van der Waals surface area (Å²) in [6.07, 6.45) is -4.46. The Bertz CT molecular complexity index is 989. The molecule has 0 radical (unpaired) electrons. The molecule has 0 bridgehead atoms. The number of thioether (sulfide) groups is 1. The first-order chi connectivity index (χ1) is 13.2. The fourth-order valence-electron chi connectivity index (χ4n) is 2.39. The number of amides is 1. The van der Waals surface area contributed by atoms with Crippen LogP contribution in [0.5, 0.6) is 0 Å². The van der Waals surface area contributed by atoms with Crippen molar-refractivity contribution in [3.05, 3.63) is 58.6 Å². The molecule has 0 spiro atoms. The van der Waals surface area contributed by atoms with E-state index in [0.29, 0.717) is 11.0 Å².